The second-order valence-electron chi connectivity index (χ2n) is 6.38. The fraction of sp³-hybridized carbons (Fsp3) is 0.286. The molecule has 2 aromatic rings. The Labute approximate surface area is 175 Å². The topological polar surface area (TPSA) is 48.6 Å². The molecule has 2 rings (SSSR count). The van der Waals surface area contributed by atoms with Crippen LogP contribution >= 0.6 is 24.0 Å². The van der Waals surface area contributed by atoms with E-state index in [1.54, 1.807) is 31.2 Å². The molecule has 7 heteroatoms. The molecule has 2 aromatic carbocycles. The Morgan fingerprint density at radius 1 is 0.893 bits per heavy atom. The van der Waals surface area contributed by atoms with Crippen molar-refractivity contribution in [2.75, 3.05) is 13.1 Å². The molecule has 3 nitrogen and oxygen atoms in total. The number of benzene rings is 2. The molecule has 0 aliphatic heterocycles. The summed E-state index contributed by atoms with van der Waals surface area (Å²) in [5.41, 5.74) is 3.59. The van der Waals surface area contributed by atoms with Crippen LogP contribution in [0.5, 0.6) is 0 Å². The van der Waals surface area contributed by atoms with Crippen molar-refractivity contribution in [3.63, 3.8) is 0 Å². The van der Waals surface area contributed by atoms with E-state index in [0.717, 1.165) is 23.8 Å². The summed E-state index contributed by atoms with van der Waals surface area (Å²) in [7, 11) is 0. The molecule has 0 fully saturated rings. The summed E-state index contributed by atoms with van der Waals surface area (Å²) in [5.74, 6) is -2.86. The van der Waals surface area contributed by atoms with Gasteiger partial charge in [-0.2, -0.15) is 0 Å². The molecule has 28 heavy (non-hydrogen) atoms. The van der Waals surface area contributed by atoms with Gasteiger partial charge in [0, 0.05) is 28.9 Å². The van der Waals surface area contributed by atoms with Gasteiger partial charge >= 0.3 is 0 Å². The predicted octanol–water partition coefficient (Wildman–Crippen LogP) is 6.21. The Morgan fingerprint density at radius 2 is 1.29 bits per heavy atom. The van der Waals surface area contributed by atoms with Crippen molar-refractivity contribution in [1.29, 1.82) is 5.41 Å². The fourth-order valence-corrected chi connectivity index (χ4v) is 2.48. The van der Waals surface area contributed by atoms with Crippen LogP contribution in [0.15, 0.2) is 58.5 Å². The van der Waals surface area contributed by atoms with Gasteiger partial charge in [-0.05, 0) is 37.1 Å². The summed E-state index contributed by atoms with van der Waals surface area (Å²) in [5, 5.41) is 8.68. The molecular formula is C21H23Cl2F2N3. The summed E-state index contributed by atoms with van der Waals surface area (Å²) in [6.45, 7) is 5.03. The van der Waals surface area contributed by atoms with Gasteiger partial charge in [0.15, 0.2) is 0 Å². The van der Waals surface area contributed by atoms with Crippen molar-refractivity contribution < 1.29 is 8.78 Å². The van der Waals surface area contributed by atoms with Crippen LogP contribution in [-0.2, 0) is 5.92 Å². The predicted molar refractivity (Wildman–Crippen MR) is 117 cm³/mol. The standard InChI is InChI=1S/C21H22ClF2N3.ClH/c1-14(16-4-8-18(9-5-16)21(3,23)24)26-12-20(25)13-27-15(2)17-6-10-19(22)11-7-17;/h4-11,25H,12-13H2,1-3H3;1H. The lowest BCUT2D eigenvalue weighted by Gasteiger charge is -2.11. The SMILES string of the molecule is CC(=NCC(=N)CN=C(C)c1ccc(C(C)(F)F)cc1)c1ccc(Cl)cc1.Cl. The zero-order valence-corrected chi connectivity index (χ0v) is 17.5. The van der Waals surface area contributed by atoms with Gasteiger partial charge in [-0.25, -0.2) is 8.78 Å². The average Bonchev–Trinajstić information content (AvgIpc) is 2.64. The normalized spacial score (nSPS) is 12.5. The third-order valence-corrected chi connectivity index (χ3v) is 4.34. The van der Waals surface area contributed by atoms with E-state index < -0.39 is 5.92 Å². The van der Waals surface area contributed by atoms with E-state index >= 15 is 0 Å². The Morgan fingerprint density at radius 3 is 1.68 bits per heavy atom. The summed E-state index contributed by atoms with van der Waals surface area (Å²) in [6, 6.07) is 13.4. The lowest BCUT2D eigenvalue weighted by Crippen LogP contribution is -2.10. The molecule has 150 valence electrons. The third-order valence-electron chi connectivity index (χ3n) is 4.09. The number of halogens is 4. The number of nitrogens with one attached hydrogen (secondary N) is 1. The van der Waals surface area contributed by atoms with Crippen molar-refractivity contribution in [3.05, 3.63) is 70.2 Å². The maximum absolute atomic E-state index is 13.3. The molecule has 0 saturated carbocycles. The van der Waals surface area contributed by atoms with Crippen molar-refractivity contribution >= 4 is 41.1 Å². The van der Waals surface area contributed by atoms with E-state index in [1.165, 1.54) is 12.1 Å². The number of nitrogens with zero attached hydrogens (tertiary/aromatic N) is 2. The number of alkyl halides is 2. The molecule has 0 heterocycles. The van der Waals surface area contributed by atoms with E-state index in [9.17, 15) is 8.78 Å². The van der Waals surface area contributed by atoms with E-state index in [-0.39, 0.29) is 31.1 Å². The first-order valence-corrected chi connectivity index (χ1v) is 8.87. The maximum atomic E-state index is 13.3. The van der Waals surface area contributed by atoms with Crippen LogP contribution in [0.1, 0.15) is 37.5 Å². The van der Waals surface area contributed by atoms with Gasteiger partial charge in [-0.3, -0.25) is 9.98 Å². The Balaban J connectivity index is 0.00000392. The summed E-state index contributed by atoms with van der Waals surface area (Å²) < 4.78 is 26.5. The highest BCUT2D eigenvalue weighted by molar-refractivity contribution is 6.30. The van der Waals surface area contributed by atoms with Crippen molar-refractivity contribution in [3.8, 4) is 0 Å². The zero-order valence-electron chi connectivity index (χ0n) is 16.0. The van der Waals surface area contributed by atoms with Crippen molar-refractivity contribution in [1.82, 2.24) is 0 Å². The van der Waals surface area contributed by atoms with E-state index in [0.29, 0.717) is 16.4 Å². The molecule has 0 bridgehead atoms. The molecule has 0 aliphatic rings. The van der Waals surface area contributed by atoms with Gasteiger partial charge in [0.05, 0.1) is 18.8 Å². The molecule has 0 saturated heterocycles. The van der Waals surface area contributed by atoms with E-state index in [2.05, 4.69) is 9.98 Å². The summed E-state index contributed by atoms with van der Waals surface area (Å²) >= 11 is 5.87. The molecule has 1 N–H and O–H groups in total. The minimum atomic E-state index is -2.86. The first kappa shape index (κ1) is 23.9. The van der Waals surface area contributed by atoms with Gasteiger partial charge in [0.2, 0.25) is 0 Å². The van der Waals surface area contributed by atoms with Gasteiger partial charge in [0.1, 0.15) is 0 Å². The van der Waals surface area contributed by atoms with Crippen LogP contribution < -0.4 is 0 Å². The van der Waals surface area contributed by atoms with Crippen LogP contribution in [0.2, 0.25) is 5.02 Å². The number of aliphatic imine (C=N–C) groups is 2. The fourth-order valence-electron chi connectivity index (χ4n) is 2.36. The Hall–Kier alpha value is -2.11. The third kappa shape index (κ3) is 7.13. The molecule has 0 amide bonds. The van der Waals surface area contributed by atoms with Crippen LogP contribution in [0.25, 0.3) is 0 Å². The van der Waals surface area contributed by atoms with Crippen molar-refractivity contribution in [2.45, 2.75) is 26.7 Å². The van der Waals surface area contributed by atoms with Gasteiger partial charge in [0.25, 0.3) is 5.92 Å². The van der Waals surface area contributed by atoms with E-state index in [1.807, 2.05) is 19.1 Å². The first-order chi connectivity index (χ1) is 12.7. The monoisotopic (exact) mass is 425 g/mol. The molecule has 0 aromatic heterocycles. The van der Waals surface area contributed by atoms with Crippen LogP contribution in [0.3, 0.4) is 0 Å². The molecule has 0 unspecified atom stereocenters. The molecule has 0 spiro atoms. The van der Waals surface area contributed by atoms with Crippen molar-refractivity contribution in [2.24, 2.45) is 9.98 Å². The van der Waals surface area contributed by atoms with Crippen LogP contribution in [0, 0.1) is 5.41 Å². The highest BCUT2D eigenvalue weighted by Crippen LogP contribution is 2.26. The second-order valence-corrected chi connectivity index (χ2v) is 6.82. The number of rotatable bonds is 7. The number of hydrogen-bond donors (Lipinski definition) is 1. The Bertz CT molecular complexity index is 853. The van der Waals surface area contributed by atoms with E-state index in [4.69, 9.17) is 17.0 Å². The van der Waals surface area contributed by atoms with Gasteiger partial charge in [-0.1, -0.05) is 48.0 Å². The van der Waals surface area contributed by atoms with Crippen LogP contribution in [0.4, 0.5) is 8.78 Å². The highest BCUT2D eigenvalue weighted by Gasteiger charge is 2.23. The summed E-state index contributed by atoms with van der Waals surface area (Å²) in [4.78, 5) is 8.78. The summed E-state index contributed by atoms with van der Waals surface area (Å²) in [6.07, 6.45) is 0. The molecular weight excluding hydrogens is 403 g/mol. The smallest absolute Gasteiger partial charge is 0.270 e. The minimum absolute atomic E-state index is 0. The highest BCUT2D eigenvalue weighted by atomic mass is 35.5. The first-order valence-electron chi connectivity index (χ1n) is 8.50. The largest absolute Gasteiger partial charge is 0.306 e. The average molecular weight is 426 g/mol. The van der Waals surface area contributed by atoms with Gasteiger partial charge in [-0.15, -0.1) is 12.4 Å². The second kappa shape index (κ2) is 10.4. The lowest BCUT2D eigenvalue weighted by atomic mass is 10.1. The molecule has 0 radical (unpaired) electrons. The number of hydrogen-bond acceptors (Lipinski definition) is 3. The quantitative estimate of drug-likeness (QED) is 0.512. The molecule has 0 atom stereocenters. The van der Waals surface area contributed by atoms with Crippen LogP contribution in [-0.4, -0.2) is 30.2 Å². The lowest BCUT2D eigenvalue weighted by molar-refractivity contribution is 0.0175. The molecule has 0 aliphatic carbocycles. The Kier molecular flexibility index (Phi) is 8.92. The minimum Gasteiger partial charge on any atom is -0.306 e. The zero-order chi connectivity index (χ0) is 20.0. The maximum Gasteiger partial charge on any atom is 0.270 e. The van der Waals surface area contributed by atoms with Gasteiger partial charge < -0.3 is 5.41 Å².